The van der Waals surface area contributed by atoms with Crippen LogP contribution in [0.3, 0.4) is 0 Å². The summed E-state index contributed by atoms with van der Waals surface area (Å²) in [5, 5.41) is 0. The third kappa shape index (κ3) is 4.09. The molecule has 0 saturated heterocycles. The normalized spacial score (nSPS) is 17.5. The van der Waals surface area contributed by atoms with Gasteiger partial charge in [-0.25, -0.2) is 0 Å². The van der Waals surface area contributed by atoms with E-state index in [1.165, 1.54) is 19.3 Å². The van der Waals surface area contributed by atoms with Gasteiger partial charge in [-0.3, -0.25) is 9.59 Å². The molecule has 1 fully saturated rings. The minimum atomic E-state index is -1.11. The summed E-state index contributed by atoms with van der Waals surface area (Å²) in [5.74, 6) is -0.672. The Morgan fingerprint density at radius 1 is 1.17 bits per heavy atom. The van der Waals surface area contributed by atoms with Crippen LogP contribution in [-0.2, 0) is 19.1 Å². The first-order valence-corrected chi connectivity index (χ1v) is 6.80. The van der Waals surface area contributed by atoms with Gasteiger partial charge in [0.1, 0.15) is 12.0 Å². The predicted octanol–water partition coefficient (Wildman–Crippen LogP) is 2.49. The van der Waals surface area contributed by atoms with Crippen molar-refractivity contribution in [2.75, 3.05) is 13.2 Å². The van der Waals surface area contributed by atoms with Crippen LogP contribution >= 0.6 is 0 Å². The number of carbonyl (C=O) groups excluding carboxylic acids is 2. The van der Waals surface area contributed by atoms with Gasteiger partial charge in [0, 0.05) is 0 Å². The minimum absolute atomic E-state index is 0.0104. The Kier molecular flexibility index (Phi) is 5.79. The zero-order valence-electron chi connectivity index (χ0n) is 11.7. The van der Waals surface area contributed by atoms with E-state index in [0.29, 0.717) is 6.61 Å². The van der Waals surface area contributed by atoms with Crippen molar-refractivity contribution in [3.63, 3.8) is 0 Å². The third-order valence-electron chi connectivity index (χ3n) is 3.49. The average molecular weight is 256 g/mol. The van der Waals surface area contributed by atoms with Gasteiger partial charge in [0.25, 0.3) is 0 Å². The lowest BCUT2D eigenvalue weighted by Crippen LogP contribution is -2.38. The summed E-state index contributed by atoms with van der Waals surface area (Å²) >= 11 is 0. The predicted molar refractivity (Wildman–Crippen MR) is 68.2 cm³/mol. The number of esters is 1. The molecule has 0 heterocycles. The van der Waals surface area contributed by atoms with Crippen molar-refractivity contribution >= 4 is 11.8 Å². The summed E-state index contributed by atoms with van der Waals surface area (Å²) in [6, 6.07) is 0. The molecule has 0 aromatic heterocycles. The molecular formula is C14H24O4. The van der Waals surface area contributed by atoms with E-state index in [1.807, 2.05) is 0 Å². The molecule has 0 N–H and O–H groups in total. The van der Waals surface area contributed by atoms with Gasteiger partial charge in [-0.05, 0) is 33.6 Å². The van der Waals surface area contributed by atoms with Crippen LogP contribution in [0, 0.1) is 5.41 Å². The highest BCUT2D eigenvalue weighted by atomic mass is 16.5. The Hall–Kier alpha value is -0.900. The van der Waals surface area contributed by atoms with Gasteiger partial charge in [-0.2, -0.15) is 0 Å². The van der Waals surface area contributed by atoms with Crippen molar-refractivity contribution in [3.8, 4) is 0 Å². The van der Waals surface area contributed by atoms with Crippen molar-refractivity contribution in [2.45, 2.75) is 59.0 Å². The topological polar surface area (TPSA) is 52.6 Å². The summed E-state index contributed by atoms with van der Waals surface area (Å²) in [5.41, 5.74) is -1.11. The molecule has 0 unspecified atom stereocenters. The molecule has 1 aliphatic carbocycles. The van der Waals surface area contributed by atoms with Gasteiger partial charge >= 0.3 is 5.97 Å². The first-order chi connectivity index (χ1) is 8.48. The summed E-state index contributed by atoms with van der Waals surface area (Å²) in [6.07, 6.45) is 5.81. The molecule has 0 spiro atoms. The highest BCUT2D eigenvalue weighted by Gasteiger charge is 2.37. The van der Waals surface area contributed by atoms with E-state index in [9.17, 15) is 9.59 Å². The van der Waals surface area contributed by atoms with Crippen molar-refractivity contribution in [1.82, 2.24) is 0 Å². The molecule has 0 amide bonds. The minimum Gasteiger partial charge on any atom is -0.465 e. The fraction of sp³-hybridized carbons (Fsp3) is 0.857. The summed E-state index contributed by atoms with van der Waals surface area (Å²) in [4.78, 5) is 23.7. The number of hydrogen-bond donors (Lipinski definition) is 0. The van der Waals surface area contributed by atoms with Gasteiger partial charge in [-0.1, -0.05) is 19.3 Å². The van der Waals surface area contributed by atoms with Gasteiger partial charge in [0.15, 0.2) is 5.78 Å². The molecule has 0 radical (unpaired) electrons. The molecule has 0 aromatic carbocycles. The lowest BCUT2D eigenvalue weighted by atomic mass is 9.88. The molecule has 0 bridgehead atoms. The van der Waals surface area contributed by atoms with E-state index < -0.39 is 11.4 Å². The van der Waals surface area contributed by atoms with Crippen molar-refractivity contribution in [2.24, 2.45) is 5.41 Å². The van der Waals surface area contributed by atoms with Crippen LogP contribution in [0.15, 0.2) is 0 Å². The zero-order chi connectivity index (χ0) is 13.6. The van der Waals surface area contributed by atoms with E-state index in [0.717, 1.165) is 12.8 Å². The third-order valence-corrected chi connectivity index (χ3v) is 3.49. The second-order valence-electron chi connectivity index (χ2n) is 5.34. The molecule has 1 saturated carbocycles. The lowest BCUT2D eigenvalue weighted by molar-refractivity contribution is -0.160. The summed E-state index contributed by atoms with van der Waals surface area (Å²) in [7, 11) is 0. The molecular weight excluding hydrogens is 232 g/mol. The molecule has 104 valence electrons. The fourth-order valence-electron chi connectivity index (χ4n) is 2.03. The van der Waals surface area contributed by atoms with Crippen molar-refractivity contribution < 1.29 is 19.1 Å². The number of rotatable bonds is 6. The molecule has 4 heteroatoms. The van der Waals surface area contributed by atoms with Gasteiger partial charge in [0.05, 0.1) is 12.7 Å². The Morgan fingerprint density at radius 3 is 2.33 bits per heavy atom. The molecule has 0 aromatic rings. The smallest absolute Gasteiger partial charge is 0.319 e. The molecule has 18 heavy (non-hydrogen) atoms. The molecule has 1 rings (SSSR count). The second kappa shape index (κ2) is 6.88. The number of ketones is 1. The van der Waals surface area contributed by atoms with Gasteiger partial charge in [-0.15, -0.1) is 0 Å². The Balaban J connectivity index is 2.40. The van der Waals surface area contributed by atoms with Crippen LogP contribution in [-0.4, -0.2) is 31.1 Å². The second-order valence-corrected chi connectivity index (χ2v) is 5.34. The Labute approximate surface area is 109 Å². The Bertz CT molecular complexity index is 290. The largest absolute Gasteiger partial charge is 0.465 e. The van der Waals surface area contributed by atoms with Crippen LogP contribution in [0.2, 0.25) is 0 Å². The Morgan fingerprint density at radius 2 is 1.78 bits per heavy atom. The van der Waals surface area contributed by atoms with Crippen LogP contribution < -0.4 is 0 Å². The van der Waals surface area contributed by atoms with Gasteiger partial charge in [0.2, 0.25) is 0 Å². The number of hydrogen-bond acceptors (Lipinski definition) is 4. The van der Waals surface area contributed by atoms with E-state index in [1.54, 1.807) is 20.8 Å². The first kappa shape index (κ1) is 15.2. The lowest BCUT2D eigenvalue weighted by Gasteiger charge is -2.25. The zero-order valence-corrected chi connectivity index (χ0v) is 11.7. The van der Waals surface area contributed by atoms with Crippen molar-refractivity contribution in [1.29, 1.82) is 0 Å². The van der Waals surface area contributed by atoms with Crippen molar-refractivity contribution in [3.05, 3.63) is 0 Å². The summed E-state index contributed by atoms with van der Waals surface area (Å²) in [6.45, 7) is 5.22. The van der Waals surface area contributed by atoms with E-state index in [2.05, 4.69) is 0 Å². The molecule has 0 atom stereocenters. The van der Waals surface area contributed by atoms with Crippen LogP contribution in [0.5, 0.6) is 0 Å². The standard InChI is InChI=1S/C14H24O4/c1-4-17-13(16)14(2,3)12(15)10-18-11-8-6-5-7-9-11/h11H,4-10H2,1-3H3. The SMILES string of the molecule is CCOC(=O)C(C)(C)C(=O)COC1CCCCC1. The van der Waals surface area contributed by atoms with E-state index >= 15 is 0 Å². The maximum absolute atomic E-state index is 12.0. The molecule has 1 aliphatic rings. The van der Waals surface area contributed by atoms with E-state index in [4.69, 9.17) is 9.47 Å². The number of ether oxygens (including phenoxy) is 2. The number of carbonyl (C=O) groups is 2. The summed E-state index contributed by atoms with van der Waals surface area (Å²) < 4.78 is 10.5. The van der Waals surface area contributed by atoms with Gasteiger partial charge < -0.3 is 9.47 Å². The maximum Gasteiger partial charge on any atom is 0.319 e. The number of Topliss-reactive ketones (excluding diaryl/α,β-unsaturated/α-hetero) is 1. The quantitative estimate of drug-likeness (QED) is 0.541. The van der Waals surface area contributed by atoms with Crippen LogP contribution in [0.1, 0.15) is 52.9 Å². The monoisotopic (exact) mass is 256 g/mol. The highest BCUT2D eigenvalue weighted by Crippen LogP contribution is 2.23. The first-order valence-electron chi connectivity index (χ1n) is 6.80. The molecule has 4 nitrogen and oxygen atoms in total. The van der Waals surface area contributed by atoms with Crippen LogP contribution in [0.25, 0.3) is 0 Å². The average Bonchev–Trinajstić information content (AvgIpc) is 2.37. The fourth-order valence-corrected chi connectivity index (χ4v) is 2.03. The van der Waals surface area contributed by atoms with Crippen LogP contribution in [0.4, 0.5) is 0 Å². The highest BCUT2D eigenvalue weighted by molar-refractivity contribution is 6.03. The van der Waals surface area contributed by atoms with E-state index in [-0.39, 0.29) is 18.5 Å². The molecule has 0 aliphatic heterocycles. The maximum atomic E-state index is 12.0.